The molecule has 0 bridgehead atoms. The zero-order chi connectivity index (χ0) is 12.5. The molecule has 2 aromatic heterocycles. The number of aryl methyl sites for hydroxylation is 1. The van der Waals surface area contributed by atoms with Crippen LogP contribution in [0.3, 0.4) is 0 Å². The van der Waals surface area contributed by atoms with Gasteiger partial charge >= 0.3 is 0 Å². The van der Waals surface area contributed by atoms with Crippen LogP contribution in [-0.2, 0) is 6.42 Å². The Labute approximate surface area is 109 Å². The minimum atomic E-state index is 0.0401. The highest BCUT2D eigenvalue weighted by Crippen LogP contribution is 2.20. The molecule has 2 heterocycles. The van der Waals surface area contributed by atoms with Crippen LogP contribution in [-0.4, -0.2) is 15.2 Å². The van der Waals surface area contributed by atoms with E-state index in [9.17, 15) is 4.79 Å². The summed E-state index contributed by atoms with van der Waals surface area (Å²) in [7, 11) is 0. The largest absolute Gasteiger partial charge is 0.287 e. The first-order valence-corrected chi connectivity index (χ1v) is 6.73. The van der Waals surface area contributed by atoms with Crippen molar-refractivity contribution in [2.75, 3.05) is 0 Å². The van der Waals surface area contributed by atoms with Crippen LogP contribution >= 0.6 is 11.3 Å². The van der Waals surface area contributed by atoms with Gasteiger partial charge in [-0.2, -0.15) is 0 Å². The lowest BCUT2D eigenvalue weighted by Crippen LogP contribution is -2.07. The van der Waals surface area contributed by atoms with Crippen molar-refractivity contribution in [3.63, 3.8) is 0 Å². The van der Waals surface area contributed by atoms with E-state index >= 15 is 0 Å². The van der Waals surface area contributed by atoms with Crippen molar-refractivity contribution < 1.29 is 4.79 Å². The number of carbonyl (C=O) groups is 1. The van der Waals surface area contributed by atoms with Gasteiger partial charge in [-0.25, -0.2) is 4.98 Å². The number of thiazole rings is 1. The van der Waals surface area contributed by atoms with E-state index in [0.717, 1.165) is 17.1 Å². The van der Waals surface area contributed by atoms with Gasteiger partial charge in [-0.1, -0.05) is 37.3 Å². The Kier molecular flexibility index (Phi) is 2.72. The molecular formula is C14H12N2OS. The van der Waals surface area contributed by atoms with Crippen LogP contribution in [0.15, 0.2) is 41.9 Å². The zero-order valence-corrected chi connectivity index (χ0v) is 10.8. The van der Waals surface area contributed by atoms with Gasteiger partial charge in [0.15, 0.2) is 4.96 Å². The first kappa shape index (κ1) is 11.2. The predicted octanol–water partition coefficient (Wildman–Crippen LogP) is 3.19. The van der Waals surface area contributed by atoms with E-state index in [4.69, 9.17) is 0 Å². The monoisotopic (exact) mass is 256 g/mol. The van der Waals surface area contributed by atoms with Crippen LogP contribution in [0.5, 0.6) is 0 Å². The first-order chi connectivity index (χ1) is 8.81. The Morgan fingerprint density at radius 1 is 1.33 bits per heavy atom. The van der Waals surface area contributed by atoms with E-state index < -0.39 is 0 Å². The number of fused-ring (bicyclic) bond motifs is 1. The molecule has 1 aromatic carbocycles. The number of hydrogen-bond donors (Lipinski definition) is 0. The Hall–Kier alpha value is -1.94. The molecule has 3 nitrogen and oxygen atoms in total. The first-order valence-electron chi connectivity index (χ1n) is 5.85. The van der Waals surface area contributed by atoms with Gasteiger partial charge in [0, 0.05) is 17.1 Å². The van der Waals surface area contributed by atoms with Gasteiger partial charge in [0.2, 0.25) is 5.78 Å². The van der Waals surface area contributed by atoms with Crippen molar-refractivity contribution in [2.45, 2.75) is 13.3 Å². The minimum absolute atomic E-state index is 0.0401. The molecule has 0 spiro atoms. The number of hydrogen-bond acceptors (Lipinski definition) is 3. The van der Waals surface area contributed by atoms with Crippen molar-refractivity contribution in [1.29, 1.82) is 0 Å². The third kappa shape index (κ3) is 1.66. The third-order valence-electron chi connectivity index (χ3n) is 2.92. The maximum absolute atomic E-state index is 12.5. The summed E-state index contributed by atoms with van der Waals surface area (Å²) < 4.78 is 1.89. The normalized spacial score (nSPS) is 10.9. The van der Waals surface area contributed by atoms with Gasteiger partial charge in [0.05, 0.1) is 5.69 Å². The van der Waals surface area contributed by atoms with E-state index in [1.807, 2.05) is 53.2 Å². The number of carbonyl (C=O) groups excluding carboxylic acids is 1. The quantitative estimate of drug-likeness (QED) is 0.674. The van der Waals surface area contributed by atoms with Crippen LogP contribution < -0.4 is 0 Å². The number of rotatable bonds is 3. The molecule has 0 N–H and O–H groups in total. The fourth-order valence-corrected chi connectivity index (χ4v) is 2.78. The Morgan fingerprint density at radius 3 is 2.83 bits per heavy atom. The average Bonchev–Trinajstić information content (AvgIpc) is 2.98. The van der Waals surface area contributed by atoms with Crippen LogP contribution in [0.4, 0.5) is 0 Å². The Bertz CT molecular complexity index is 697. The van der Waals surface area contributed by atoms with E-state index in [1.54, 1.807) is 11.3 Å². The summed E-state index contributed by atoms with van der Waals surface area (Å²) >= 11 is 1.55. The van der Waals surface area contributed by atoms with Crippen molar-refractivity contribution in [2.24, 2.45) is 0 Å². The van der Waals surface area contributed by atoms with Gasteiger partial charge in [-0.05, 0) is 6.42 Å². The topological polar surface area (TPSA) is 34.4 Å². The van der Waals surface area contributed by atoms with Crippen molar-refractivity contribution >= 4 is 22.1 Å². The molecule has 3 rings (SSSR count). The molecule has 0 fully saturated rings. The number of nitrogens with zero attached hydrogens (tertiary/aromatic N) is 2. The van der Waals surface area contributed by atoms with Crippen LogP contribution in [0.25, 0.3) is 4.96 Å². The molecule has 0 aliphatic heterocycles. The second-order valence-electron chi connectivity index (χ2n) is 4.01. The number of ketones is 1. The maximum Gasteiger partial charge on any atom is 0.211 e. The summed E-state index contributed by atoms with van der Waals surface area (Å²) in [5, 5.41) is 1.95. The lowest BCUT2D eigenvalue weighted by molar-refractivity contribution is 0.103. The lowest BCUT2D eigenvalue weighted by Gasteiger charge is -2.01. The van der Waals surface area contributed by atoms with Crippen LogP contribution in [0, 0.1) is 0 Å². The van der Waals surface area contributed by atoms with Crippen molar-refractivity contribution in [3.8, 4) is 0 Å². The molecule has 3 aromatic rings. The summed E-state index contributed by atoms with van der Waals surface area (Å²) in [5.74, 6) is 0.0401. The second-order valence-corrected chi connectivity index (χ2v) is 4.88. The van der Waals surface area contributed by atoms with E-state index in [0.29, 0.717) is 11.3 Å². The molecule has 0 amide bonds. The molecule has 90 valence electrons. The minimum Gasteiger partial charge on any atom is -0.287 e. The SMILES string of the molecule is CCc1nc2sccn2c1C(=O)c1ccccc1. The molecule has 0 atom stereocenters. The van der Waals surface area contributed by atoms with Crippen molar-refractivity contribution in [1.82, 2.24) is 9.38 Å². The van der Waals surface area contributed by atoms with Gasteiger partial charge in [-0.3, -0.25) is 9.20 Å². The summed E-state index contributed by atoms with van der Waals surface area (Å²) in [5.41, 5.74) is 2.27. The summed E-state index contributed by atoms with van der Waals surface area (Å²) in [4.78, 5) is 17.9. The molecule has 0 radical (unpaired) electrons. The number of imidazole rings is 1. The molecule has 0 aliphatic rings. The van der Waals surface area contributed by atoms with Crippen LogP contribution in [0.2, 0.25) is 0 Å². The maximum atomic E-state index is 12.5. The van der Waals surface area contributed by atoms with E-state index in [1.165, 1.54) is 0 Å². The lowest BCUT2D eigenvalue weighted by atomic mass is 10.1. The van der Waals surface area contributed by atoms with Crippen LogP contribution in [0.1, 0.15) is 28.7 Å². The fraction of sp³-hybridized carbons (Fsp3) is 0.143. The second kappa shape index (κ2) is 4.38. The summed E-state index contributed by atoms with van der Waals surface area (Å²) in [6, 6.07) is 9.35. The highest BCUT2D eigenvalue weighted by Gasteiger charge is 2.19. The predicted molar refractivity (Wildman–Crippen MR) is 72.3 cm³/mol. The highest BCUT2D eigenvalue weighted by atomic mass is 32.1. The van der Waals surface area contributed by atoms with E-state index in [-0.39, 0.29) is 5.78 Å². The number of aromatic nitrogens is 2. The third-order valence-corrected chi connectivity index (χ3v) is 3.68. The molecular weight excluding hydrogens is 244 g/mol. The molecule has 0 aliphatic carbocycles. The summed E-state index contributed by atoms with van der Waals surface area (Å²) in [6.45, 7) is 2.02. The zero-order valence-electron chi connectivity index (χ0n) is 9.96. The molecule has 18 heavy (non-hydrogen) atoms. The fourth-order valence-electron chi connectivity index (χ4n) is 2.04. The Balaban J connectivity index is 2.18. The van der Waals surface area contributed by atoms with Crippen molar-refractivity contribution in [3.05, 3.63) is 58.9 Å². The average molecular weight is 256 g/mol. The molecule has 0 unspecified atom stereocenters. The highest BCUT2D eigenvalue weighted by molar-refractivity contribution is 7.15. The number of benzene rings is 1. The Morgan fingerprint density at radius 2 is 2.11 bits per heavy atom. The van der Waals surface area contributed by atoms with Gasteiger partial charge in [0.25, 0.3) is 0 Å². The molecule has 4 heteroatoms. The standard InChI is InChI=1S/C14H12N2OS/c1-2-11-12(16-8-9-18-14(16)15-11)13(17)10-6-4-3-5-7-10/h3-9H,2H2,1H3. The van der Waals surface area contributed by atoms with Gasteiger partial charge < -0.3 is 0 Å². The molecule has 0 saturated heterocycles. The van der Waals surface area contributed by atoms with Gasteiger partial charge in [-0.15, -0.1) is 11.3 Å². The summed E-state index contributed by atoms with van der Waals surface area (Å²) in [6.07, 6.45) is 2.67. The molecule has 0 saturated carbocycles. The van der Waals surface area contributed by atoms with Gasteiger partial charge in [0.1, 0.15) is 5.69 Å². The van der Waals surface area contributed by atoms with E-state index in [2.05, 4.69) is 4.98 Å². The smallest absolute Gasteiger partial charge is 0.211 e.